The van der Waals surface area contributed by atoms with E-state index in [4.69, 9.17) is 5.73 Å². The van der Waals surface area contributed by atoms with E-state index in [2.05, 4.69) is 5.32 Å². The first kappa shape index (κ1) is 14.2. The van der Waals surface area contributed by atoms with Gasteiger partial charge in [-0.15, -0.1) is 0 Å². The largest absolute Gasteiger partial charge is 0.392 e. The second-order valence-electron chi connectivity index (χ2n) is 4.60. The van der Waals surface area contributed by atoms with Crippen LogP contribution in [-0.2, 0) is 17.8 Å². The summed E-state index contributed by atoms with van der Waals surface area (Å²) in [5, 5.41) is 12.0. The molecule has 0 saturated carbocycles. The molecule has 0 heterocycles. The molecule has 0 aromatic heterocycles. The lowest BCUT2D eigenvalue weighted by molar-refractivity contribution is -0.117. The standard InChI is InChI=1S/C16H18N2O2/c17-14(10-12-6-2-1-3-7-12)16(20)18-15-9-5-4-8-13(15)11-19/h1-9,14,19H,10-11,17H2,(H,18,20)/t14-/m0/s1. The molecule has 0 fully saturated rings. The monoisotopic (exact) mass is 270 g/mol. The predicted octanol–water partition coefficient (Wildman–Crippen LogP) is 1.69. The first-order valence-electron chi connectivity index (χ1n) is 6.50. The molecule has 0 aliphatic carbocycles. The summed E-state index contributed by atoms with van der Waals surface area (Å²) in [5.41, 5.74) is 8.21. The Morgan fingerprint density at radius 3 is 2.45 bits per heavy atom. The average molecular weight is 270 g/mol. The third kappa shape index (κ3) is 3.66. The number of aliphatic hydroxyl groups excluding tert-OH is 1. The van der Waals surface area contributed by atoms with Gasteiger partial charge in [-0.25, -0.2) is 0 Å². The average Bonchev–Trinajstić information content (AvgIpc) is 2.48. The van der Waals surface area contributed by atoms with Gasteiger partial charge in [-0.3, -0.25) is 4.79 Å². The highest BCUT2D eigenvalue weighted by Crippen LogP contribution is 2.15. The molecule has 2 rings (SSSR count). The minimum absolute atomic E-state index is 0.121. The number of nitrogens with two attached hydrogens (primary N) is 1. The van der Waals surface area contributed by atoms with Crippen molar-refractivity contribution in [3.8, 4) is 0 Å². The second-order valence-corrected chi connectivity index (χ2v) is 4.60. The zero-order chi connectivity index (χ0) is 14.4. The number of carbonyl (C=O) groups is 1. The van der Waals surface area contributed by atoms with Gasteiger partial charge in [0, 0.05) is 11.3 Å². The van der Waals surface area contributed by atoms with Crippen molar-refractivity contribution in [2.75, 3.05) is 5.32 Å². The minimum atomic E-state index is -0.621. The number of nitrogens with one attached hydrogen (secondary N) is 1. The molecule has 0 aliphatic rings. The van der Waals surface area contributed by atoms with Gasteiger partial charge in [-0.05, 0) is 18.1 Å². The normalized spacial score (nSPS) is 11.9. The summed E-state index contributed by atoms with van der Waals surface area (Å²) >= 11 is 0. The number of rotatable bonds is 5. The second kappa shape index (κ2) is 6.84. The molecule has 2 aromatic carbocycles. The van der Waals surface area contributed by atoms with Gasteiger partial charge >= 0.3 is 0 Å². The Morgan fingerprint density at radius 2 is 1.75 bits per heavy atom. The van der Waals surface area contributed by atoms with Crippen molar-refractivity contribution in [3.63, 3.8) is 0 Å². The zero-order valence-corrected chi connectivity index (χ0v) is 11.1. The number of amides is 1. The van der Waals surface area contributed by atoms with Crippen LogP contribution in [0.15, 0.2) is 54.6 Å². The molecule has 4 nitrogen and oxygen atoms in total. The lowest BCUT2D eigenvalue weighted by Gasteiger charge is -2.14. The van der Waals surface area contributed by atoms with E-state index >= 15 is 0 Å². The van der Waals surface area contributed by atoms with E-state index in [1.165, 1.54) is 0 Å². The molecular weight excluding hydrogens is 252 g/mol. The predicted molar refractivity (Wildman–Crippen MR) is 79.1 cm³/mol. The molecule has 1 amide bonds. The Kier molecular flexibility index (Phi) is 4.87. The molecule has 0 unspecified atom stereocenters. The van der Waals surface area contributed by atoms with E-state index < -0.39 is 6.04 Å². The minimum Gasteiger partial charge on any atom is -0.392 e. The number of aliphatic hydroxyl groups is 1. The molecule has 0 spiro atoms. The van der Waals surface area contributed by atoms with Gasteiger partial charge in [0.1, 0.15) is 0 Å². The van der Waals surface area contributed by atoms with Crippen LogP contribution >= 0.6 is 0 Å². The molecule has 4 N–H and O–H groups in total. The molecule has 20 heavy (non-hydrogen) atoms. The Morgan fingerprint density at radius 1 is 1.10 bits per heavy atom. The number of carbonyl (C=O) groups excluding carboxylic acids is 1. The van der Waals surface area contributed by atoms with Crippen LogP contribution in [0.3, 0.4) is 0 Å². The lowest BCUT2D eigenvalue weighted by atomic mass is 10.1. The molecule has 1 atom stereocenters. The van der Waals surface area contributed by atoms with Crippen LogP contribution in [0, 0.1) is 0 Å². The quantitative estimate of drug-likeness (QED) is 0.774. The fourth-order valence-corrected chi connectivity index (χ4v) is 1.97. The van der Waals surface area contributed by atoms with E-state index in [0.29, 0.717) is 17.7 Å². The van der Waals surface area contributed by atoms with Crippen LogP contribution < -0.4 is 11.1 Å². The van der Waals surface area contributed by atoms with Crippen molar-refractivity contribution in [2.24, 2.45) is 5.73 Å². The highest BCUT2D eigenvalue weighted by Gasteiger charge is 2.15. The molecular formula is C16H18N2O2. The Hall–Kier alpha value is -2.17. The van der Waals surface area contributed by atoms with Crippen LogP contribution in [0.2, 0.25) is 0 Å². The van der Waals surface area contributed by atoms with E-state index in [9.17, 15) is 9.90 Å². The van der Waals surface area contributed by atoms with Gasteiger partial charge in [-0.1, -0.05) is 48.5 Å². The Labute approximate surface area is 118 Å². The fraction of sp³-hybridized carbons (Fsp3) is 0.188. The van der Waals surface area contributed by atoms with Crippen LogP contribution in [0.5, 0.6) is 0 Å². The first-order chi connectivity index (χ1) is 9.70. The maximum Gasteiger partial charge on any atom is 0.241 e. The first-order valence-corrected chi connectivity index (χ1v) is 6.50. The maximum absolute atomic E-state index is 12.1. The highest BCUT2D eigenvalue weighted by molar-refractivity contribution is 5.95. The molecule has 2 aromatic rings. The summed E-state index contributed by atoms with van der Waals surface area (Å²) in [4.78, 5) is 12.1. The van der Waals surface area contributed by atoms with Crippen molar-refractivity contribution in [1.29, 1.82) is 0 Å². The van der Waals surface area contributed by atoms with Gasteiger partial charge in [0.25, 0.3) is 0 Å². The summed E-state index contributed by atoms with van der Waals surface area (Å²) in [7, 11) is 0. The number of hydrogen-bond acceptors (Lipinski definition) is 3. The van der Waals surface area contributed by atoms with E-state index in [-0.39, 0.29) is 12.5 Å². The Balaban J connectivity index is 2.01. The van der Waals surface area contributed by atoms with Crippen LogP contribution in [0.4, 0.5) is 5.69 Å². The summed E-state index contributed by atoms with van der Waals surface area (Å²) in [6.07, 6.45) is 0.480. The van der Waals surface area contributed by atoms with Crippen LogP contribution in [0.1, 0.15) is 11.1 Å². The summed E-state index contributed by atoms with van der Waals surface area (Å²) in [6.45, 7) is -0.121. The SMILES string of the molecule is N[C@@H](Cc1ccccc1)C(=O)Nc1ccccc1CO. The smallest absolute Gasteiger partial charge is 0.241 e. The number of para-hydroxylation sites is 1. The highest BCUT2D eigenvalue weighted by atomic mass is 16.3. The number of benzene rings is 2. The molecule has 0 aliphatic heterocycles. The topological polar surface area (TPSA) is 75.4 Å². The Bertz CT molecular complexity index is 570. The van der Waals surface area contributed by atoms with Crippen molar-refractivity contribution in [2.45, 2.75) is 19.1 Å². The van der Waals surface area contributed by atoms with Gasteiger partial charge < -0.3 is 16.2 Å². The van der Waals surface area contributed by atoms with E-state index in [1.54, 1.807) is 18.2 Å². The zero-order valence-electron chi connectivity index (χ0n) is 11.1. The van der Waals surface area contributed by atoms with Gasteiger partial charge in [0.2, 0.25) is 5.91 Å². The van der Waals surface area contributed by atoms with Crippen molar-refractivity contribution >= 4 is 11.6 Å². The third-order valence-corrected chi connectivity index (χ3v) is 3.08. The molecule has 0 radical (unpaired) electrons. The van der Waals surface area contributed by atoms with Gasteiger partial charge in [-0.2, -0.15) is 0 Å². The number of hydrogen-bond donors (Lipinski definition) is 3. The van der Waals surface area contributed by atoms with Gasteiger partial charge in [0.05, 0.1) is 12.6 Å². The maximum atomic E-state index is 12.1. The fourth-order valence-electron chi connectivity index (χ4n) is 1.97. The number of anilines is 1. The van der Waals surface area contributed by atoms with Crippen molar-refractivity contribution in [3.05, 3.63) is 65.7 Å². The molecule has 4 heteroatoms. The van der Waals surface area contributed by atoms with Crippen molar-refractivity contribution < 1.29 is 9.90 Å². The van der Waals surface area contributed by atoms with Crippen LogP contribution in [-0.4, -0.2) is 17.1 Å². The van der Waals surface area contributed by atoms with Crippen molar-refractivity contribution in [1.82, 2.24) is 0 Å². The van der Waals surface area contributed by atoms with E-state index in [1.807, 2.05) is 36.4 Å². The molecule has 0 bridgehead atoms. The summed E-state index contributed by atoms with van der Waals surface area (Å²) in [5.74, 6) is -0.255. The van der Waals surface area contributed by atoms with Gasteiger partial charge in [0.15, 0.2) is 0 Å². The molecule has 104 valence electrons. The summed E-state index contributed by atoms with van der Waals surface area (Å²) in [6, 6.07) is 16.1. The third-order valence-electron chi connectivity index (χ3n) is 3.08. The summed E-state index contributed by atoms with van der Waals surface area (Å²) < 4.78 is 0. The lowest BCUT2D eigenvalue weighted by Crippen LogP contribution is -2.37. The van der Waals surface area contributed by atoms with E-state index in [0.717, 1.165) is 5.56 Å². The van der Waals surface area contributed by atoms with Crippen LogP contribution in [0.25, 0.3) is 0 Å². The molecule has 0 saturated heterocycles.